The highest BCUT2D eigenvalue weighted by atomic mass is 19.3. The molecule has 0 unspecified atom stereocenters. The minimum absolute atomic E-state index is 0.305. The molecule has 0 radical (unpaired) electrons. The monoisotopic (exact) mass is 432 g/mol. The molecule has 1 fully saturated rings. The Labute approximate surface area is 181 Å². The molecule has 166 valence electrons. The molecule has 1 saturated carbocycles. The molecule has 0 saturated heterocycles. The fourth-order valence-corrected chi connectivity index (χ4v) is 3.90. The lowest BCUT2D eigenvalue weighted by atomic mass is 9.78. The van der Waals surface area contributed by atoms with Gasteiger partial charge >= 0.3 is 12.5 Å². The van der Waals surface area contributed by atoms with Crippen LogP contribution in [0.4, 0.5) is 17.6 Å². The van der Waals surface area contributed by atoms with Crippen LogP contribution in [0.1, 0.15) is 68.1 Å². The molecule has 1 aliphatic rings. The number of hydrogen-bond donors (Lipinski definition) is 0. The van der Waals surface area contributed by atoms with Gasteiger partial charge in [0.15, 0.2) is 0 Å². The highest BCUT2D eigenvalue weighted by molar-refractivity contribution is 5.39. The zero-order valence-electron chi connectivity index (χ0n) is 17.7. The maximum absolute atomic E-state index is 12.9. The van der Waals surface area contributed by atoms with Crippen molar-refractivity contribution in [1.82, 2.24) is 0 Å². The first-order valence-corrected chi connectivity index (χ1v) is 10.9. The Balaban J connectivity index is 1.50. The summed E-state index contributed by atoms with van der Waals surface area (Å²) in [6, 6.07) is 14.5. The van der Waals surface area contributed by atoms with E-state index in [-0.39, 0.29) is 5.75 Å². The summed E-state index contributed by atoms with van der Waals surface area (Å²) in [4.78, 5) is 0. The third-order valence-corrected chi connectivity index (χ3v) is 5.78. The van der Waals surface area contributed by atoms with Gasteiger partial charge in [0.1, 0.15) is 5.75 Å². The largest absolute Gasteiger partial charge is 0.461 e. The Kier molecular flexibility index (Phi) is 8.01. The summed E-state index contributed by atoms with van der Waals surface area (Å²) in [6.07, 6.45) is -0.551. The number of halogens is 4. The predicted molar refractivity (Wildman–Crippen MR) is 115 cm³/mol. The smallest absolute Gasteiger partial charge is 0.428 e. The average molecular weight is 433 g/mol. The van der Waals surface area contributed by atoms with E-state index in [0.717, 1.165) is 32.1 Å². The van der Waals surface area contributed by atoms with Crippen LogP contribution in [-0.4, -0.2) is 12.5 Å². The van der Waals surface area contributed by atoms with Gasteiger partial charge in [-0.2, -0.15) is 17.6 Å². The van der Waals surface area contributed by atoms with Crippen LogP contribution in [-0.2, 0) is 6.42 Å². The molecular formula is C26H28F4O. The minimum Gasteiger partial charge on any atom is -0.428 e. The van der Waals surface area contributed by atoms with Gasteiger partial charge in [0.2, 0.25) is 0 Å². The second-order valence-electron chi connectivity index (χ2n) is 8.15. The molecule has 0 spiro atoms. The quantitative estimate of drug-likeness (QED) is 0.323. The highest BCUT2D eigenvalue weighted by Crippen LogP contribution is 2.35. The average Bonchev–Trinajstić information content (AvgIpc) is 2.78. The van der Waals surface area contributed by atoms with E-state index in [4.69, 9.17) is 0 Å². The number of unbranched alkanes of at least 4 members (excludes halogenated alkanes) is 1. The van der Waals surface area contributed by atoms with Crippen LogP contribution >= 0.6 is 0 Å². The maximum atomic E-state index is 12.9. The SMILES string of the molecule is CCCCc1ccc(C2CCC(C#Cc3ccc(OC(F)(F)C(F)F)cc3)CC2)cc1. The van der Waals surface area contributed by atoms with Crippen LogP contribution in [0.15, 0.2) is 48.5 Å². The van der Waals surface area contributed by atoms with Crippen molar-refractivity contribution in [2.75, 3.05) is 0 Å². The van der Waals surface area contributed by atoms with E-state index >= 15 is 0 Å². The maximum Gasteiger partial charge on any atom is 0.461 e. The molecule has 31 heavy (non-hydrogen) atoms. The van der Waals surface area contributed by atoms with Crippen LogP contribution in [0.3, 0.4) is 0 Å². The summed E-state index contributed by atoms with van der Waals surface area (Å²) in [6.45, 7) is 2.21. The van der Waals surface area contributed by atoms with Gasteiger partial charge in [-0.1, -0.05) is 49.5 Å². The van der Waals surface area contributed by atoms with Crippen molar-refractivity contribution in [3.8, 4) is 17.6 Å². The van der Waals surface area contributed by atoms with Gasteiger partial charge in [-0.3, -0.25) is 0 Å². The Hall–Kier alpha value is -2.48. The van der Waals surface area contributed by atoms with E-state index in [2.05, 4.69) is 47.8 Å². The fraction of sp³-hybridized carbons (Fsp3) is 0.462. The molecule has 5 heteroatoms. The standard InChI is InChI=1S/C26H28F4O/c1-2-3-4-19-7-13-22(14-8-19)23-15-9-20(10-16-23)5-6-21-11-17-24(18-12-21)31-26(29,30)25(27)28/h7-8,11-14,17-18,20,23,25H,2-4,9-10,15-16H2,1H3. The second kappa shape index (κ2) is 10.7. The number of ether oxygens (including phenoxy) is 1. The Morgan fingerprint density at radius 3 is 2.19 bits per heavy atom. The molecule has 2 aromatic carbocycles. The normalized spacial score (nSPS) is 19.0. The molecule has 0 N–H and O–H groups in total. The first-order valence-electron chi connectivity index (χ1n) is 10.9. The lowest BCUT2D eigenvalue weighted by Gasteiger charge is -2.26. The van der Waals surface area contributed by atoms with E-state index in [1.165, 1.54) is 48.2 Å². The van der Waals surface area contributed by atoms with Crippen molar-refractivity contribution in [3.05, 3.63) is 65.2 Å². The van der Waals surface area contributed by atoms with Gasteiger partial charge in [-0.25, -0.2) is 0 Å². The summed E-state index contributed by atoms with van der Waals surface area (Å²) in [7, 11) is 0. The molecule has 3 rings (SSSR count). The van der Waals surface area contributed by atoms with E-state index in [9.17, 15) is 17.6 Å². The topological polar surface area (TPSA) is 9.23 Å². The second-order valence-corrected chi connectivity index (χ2v) is 8.15. The third-order valence-electron chi connectivity index (χ3n) is 5.78. The Morgan fingerprint density at radius 2 is 1.61 bits per heavy atom. The van der Waals surface area contributed by atoms with E-state index in [1.807, 2.05) is 0 Å². The number of alkyl halides is 4. The van der Waals surface area contributed by atoms with Crippen LogP contribution in [0, 0.1) is 17.8 Å². The summed E-state index contributed by atoms with van der Waals surface area (Å²) < 4.78 is 54.4. The molecule has 0 aliphatic heterocycles. The number of aryl methyl sites for hydroxylation is 1. The summed E-state index contributed by atoms with van der Waals surface area (Å²) in [5, 5.41) is 0. The lowest BCUT2D eigenvalue weighted by Crippen LogP contribution is -2.33. The van der Waals surface area contributed by atoms with E-state index < -0.39 is 12.5 Å². The summed E-state index contributed by atoms with van der Waals surface area (Å²) in [5.41, 5.74) is 3.46. The lowest BCUT2D eigenvalue weighted by molar-refractivity contribution is -0.253. The van der Waals surface area contributed by atoms with Crippen LogP contribution < -0.4 is 4.74 Å². The fourth-order valence-electron chi connectivity index (χ4n) is 3.90. The molecule has 0 bridgehead atoms. The van der Waals surface area contributed by atoms with Crippen molar-refractivity contribution in [2.24, 2.45) is 5.92 Å². The number of rotatable bonds is 7. The van der Waals surface area contributed by atoms with Crippen LogP contribution in [0.5, 0.6) is 5.75 Å². The molecular weight excluding hydrogens is 404 g/mol. The van der Waals surface area contributed by atoms with Crippen LogP contribution in [0.25, 0.3) is 0 Å². The Morgan fingerprint density at radius 1 is 0.968 bits per heavy atom. The molecule has 0 atom stereocenters. The van der Waals surface area contributed by atoms with Gasteiger partial charge in [0.25, 0.3) is 0 Å². The van der Waals surface area contributed by atoms with Crippen LogP contribution in [0.2, 0.25) is 0 Å². The number of hydrogen-bond acceptors (Lipinski definition) is 1. The first-order chi connectivity index (χ1) is 14.9. The van der Waals surface area contributed by atoms with Gasteiger partial charge in [0, 0.05) is 11.5 Å². The number of benzene rings is 2. The molecule has 0 heterocycles. The molecule has 0 aromatic heterocycles. The molecule has 2 aromatic rings. The van der Waals surface area contributed by atoms with E-state index in [0.29, 0.717) is 17.4 Å². The van der Waals surface area contributed by atoms with Crippen molar-refractivity contribution >= 4 is 0 Å². The van der Waals surface area contributed by atoms with Crippen molar-refractivity contribution in [3.63, 3.8) is 0 Å². The summed E-state index contributed by atoms with van der Waals surface area (Å²) >= 11 is 0. The molecule has 1 nitrogen and oxygen atoms in total. The highest BCUT2D eigenvalue weighted by Gasteiger charge is 2.43. The van der Waals surface area contributed by atoms with E-state index in [1.54, 1.807) is 0 Å². The minimum atomic E-state index is -4.50. The third kappa shape index (κ3) is 6.75. The molecule has 1 aliphatic carbocycles. The zero-order chi connectivity index (χ0) is 22.3. The Bertz CT molecular complexity index is 870. The van der Waals surface area contributed by atoms with Crippen molar-refractivity contribution in [1.29, 1.82) is 0 Å². The van der Waals surface area contributed by atoms with Gasteiger partial charge in [-0.15, -0.1) is 0 Å². The van der Waals surface area contributed by atoms with Crippen molar-refractivity contribution in [2.45, 2.75) is 70.3 Å². The van der Waals surface area contributed by atoms with Crippen molar-refractivity contribution < 1.29 is 22.3 Å². The van der Waals surface area contributed by atoms with Gasteiger partial charge in [-0.05, 0) is 79.8 Å². The predicted octanol–water partition coefficient (Wildman–Crippen LogP) is 7.59. The zero-order valence-corrected chi connectivity index (χ0v) is 17.7. The first kappa shape index (κ1) is 23.2. The van der Waals surface area contributed by atoms with Gasteiger partial charge < -0.3 is 4.74 Å². The summed E-state index contributed by atoms with van der Waals surface area (Å²) in [5.74, 6) is 6.91. The van der Waals surface area contributed by atoms with Gasteiger partial charge in [0.05, 0.1) is 0 Å². The molecule has 0 amide bonds.